The van der Waals surface area contributed by atoms with Gasteiger partial charge >= 0.3 is 0 Å². The van der Waals surface area contributed by atoms with E-state index in [-0.39, 0.29) is 23.4 Å². The second-order valence-electron chi connectivity index (χ2n) is 4.83. The second kappa shape index (κ2) is 7.54. The van der Waals surface area contributed by atoms with Crippen molar-refractivity contribution in [2.24, 2.45) is 5.92 Å². The lowest BCUT2D eigenvalue weighted by molar-refractivity contribution is -0.124. The minimum Gasteiger partial charge on any atom is -0.349 e. The summed E-state index contributed by atoms with van der Waals surface area (Å²) in [6.07, 6.45) is 2.75. The van der Waals surface area contributed by atoms with E-state index in [0.717, 1.165) is 25.9 Å². The Morgan fingerprint density at radius 2 is 2.00 bits per heavy atom. The maximum absolute atomic E-state index is 11.8. The first kappa shape index (κ1) is 15.2. The average molecular weight is 264 g/mol. The molecule has 0 atom stereocenters. The molecule has 6 nitrogen and oxygen atoms in total. The Bertz CT molecular complexity index is 403. The second-order valence-corrected chi connectivity index (χ2v) is 4.83. The molecule has 0 spiro atoms. The molecule has 19 heavy (non-hydrogen) atoms. The highest BCUT2D eigenvalue weighted by atomic mass is 16.2. The molecule has 0 aromatic heterocycles. The molecule has 0 radical (unpaired) electrons. The minimum absolute atomic E-state index is 0.0504. The van der Waals surface area contributed by atoms with Crippen LogP contribution in [0, 0.1) is 17.2 Å². The summed E-state index contributed by atoms with van der Waals surface area (Å²) in [7, 11) is 0. The molecular formula is C13H20N4O2. The van der Waals surface area contributed by atoms with Crippen molar-refractivity contribution >= 4 is 11.8 Å². The summed E-state index contributed by atoms with van der Waals surface area (Å²) in [5, 5.41) is 17.2. The smallest absolute Gasteiger partial charge is 0.263 e. The van der Waals surface area contributed by atoms with Gasteiger partial charge in [0, 0.05) is 18.2 Å². The number of rotatable bonds is 4. The Kier molecular flexibility index (Phi) is 6.03. The van der Waals surface area contributed by atoms with E-state index in [2.05, 4.69) is 16.0 Å². The number of carbonyl (C=O) groups is 2. The molecular weight excluding hydrogens is 244 g/mol. The van der Waals surface area contributed by atoms with Crippen LogP contribution in [0.5, 0.6) is 0 Å². The van der Waals surface area contributed by atoms with E-state index < -0.39 is 5.91 Å². The standard InChI is InChI=1S/C13H20N4O2/c1-9(2)17-13(19)11(7-14)8-16-12(18)10-3-5-15-6-4-10/h8-10,15H,3-6H2,1-2H3,(H,16,18)(H,17,19)/b11-8-. The van der Waals surface area contributed by atoms with Gasteiger partial charge in [0.25, 0.3) is 5.91 Å². The zero-order valence-electron chi connectivity index (χ0n) is 11.3. The van der Waals surface area contributed by atoms with Gasteiger partial charge < -0.3 is 16.0 Å². The molecule has 0 bridgehead atoms. The summed E-state index contributed by atoms with van der Waals surface area (Å²) >= 11 is 0. The monoisotopic (exact) mass is 264 g/mol. The lowest BCUT2D eigenvalue weighted by Crippen LogP contribution is -2.37. The Labute approximate surface area is 113 Å². The lowest BCUT2D eigenvalue weighted by atomic mass is 9.97. The number of piperidine rings is 1. The third-order valence-corrected chi connectivity index (χ3v) is 2.85. The first-order valence-corrected chi connectivity index (χ1v) is 6.46. The van der Waals surface area contributed by atoms with Crippen LogP contribution in [0.1, 0.15) is 26.7 Å². The first-order chi connectivity index (χ1) is 9.04. The van der Waals surface area contributed by atoms with Crippen LogP contribution in [0.4, 0.5) is 0 Å². The van der Waals surface area contributed by atoms with Crippen LogP contribution in [-0.4, -0.2) is 30.9 Å². The van der Waals surface area contributed by atoms with Crippen LogP contribution in [0.3, 0.4) is 0 Å². The number of hydrogen-bond donors (Lipinski definition) is 3. The molecule has 0 aromatic rings. The third kappa shape index (κ3) is 5.10. The summed E-state index contributed by atoms with van der Waals surface area (Å²) < 4.78 is 0. The zero-order chi connectivity index (χ0) is 14.3. The van der Waals surface area contributed by atoms with Crippen LogP contribution in [-0.2, 0) is 9.59 Å². The predicted octanol–water partition coefficient (Wildman–Crippen LogP) is 0.0343. The summed E-state index contributed by atoms with van der Waals surface area (Å²) in [4.78, 5) is 23.4. The molecule has 3 N–H and O–H groups in total. The summed E-state index contributed by atoms with van der Waals surface area (Å²) in [5.41, 5.74) is -0.0871. The molecule has 0 saturated carbocycles. The number of nitrogens with zero attached hydrogens (tertiary/aromatic N) is 1. The van der Waals surface area contributed by atoms with Crippen molar-refractivity contribution < 1.29 is 9.59 Å². The fourth-order valence-corrected chi connectivity index (χ4v) is 1.83. The van der Waals surface area contributed by atoms with Crippen molar-refractivity contribution in [1.29, 1.82) is 5.26 Å². The van der Waals surface area contributed by atoms with Gasteiger partial charge in [-0.15, -0.1) is 0 Å². The summed E-state index contributed by atoms with van der Waals surface area (Å²) in [6, 6.07) is 1.74. The molecule has 1 heterocycles. The van der Waals surface area contributed by atoms with E-state index in [1.165, 1.54) is 6.20 Å². The van der Waals surface area contributed by atoms with E-state index in [4.69, 9.17) is 5.26 Å². The highest BCUT2D eigenvalue weighted by Gasteiger charge is 2.20. The molecule has 6 heteroatoms. The topological polar surface area (TPSA) is 94.0 Å². The van der Waals surface area contributed by atoms with Crippen LogP contribution >= 0.6 is 0 Å². The van der Waals surface area contributed by atoms with Gasteiger partial charge in [0.2, 0.25) is 5.91 Å². The van der Waals surface area contributed by atoms with E-state index in [1.54, 1.807) is 19.9 Å². The molecule has 1 fully saturated rings. The number of nitriles is 1. The van der Waals surface area contributed by atoms with Gasteiger partial charge in [0.15, 0.2) is 0 Å². The normalized spacial score (nSPS) is 16.8. The Morgan fingerprint density at radius 3 is 2.53 bits per heavy atom. The van der Waals surface area contributed by atoms with Gasteiger partial charge in [0.05, 0.1) is 0 Å². The number of hydrogen-bond acceptors (Lipinski definition) is 4. The Morgan fingerprint density at radius 1 is 1.37 bits per heavy atom. The van der Waals surface area contributed by atoms with Crippen molar-refractivity contribution in [3.8, 4) is 6.07 Å². The van der Waals surface area contributed by atoms with Gasteiger partial charge in [-0.1, -0.05) is 0 Å². The number of nitrogens with one attached hydrogen (secondary N) is 3. The molecule has 0 aromatic carbocycles. The summed E-state index contributed by atoms with van der Waals surface area (Å²) in [6.45, 7) is 5.25. The van der Waals surface area contributed by atoms with Crippen LogP contribution in [0.25, 0.3) is 0 Å². The SMILES string of the molecule is CC(C)NC(=O)/C(C#N)=C\NC(=O)C1CCNCC1. The van der Waals surface area contributed by atoms with E-state index in [9.17, 15) is 9.59 Å². The van der Waals surface area contributed by atoms with Gasteiger partial charge in [-0.2, -0.15) is 5.26 Å². The minimum atomic E-state index is -0.469. The third-order valence-electron chi connectivity index (χ3n) is 2.85. The number of carbonyl (C=O) groups excluding carboxylic acids is 2. The van der Waals surface area contributed by atoms with E-state index in [0.29, 0.717) is 0 Å². The molecule has 2 amide bonds. The maximum Gasteiger partial charge on any atom is 0.263 e. The maximum atomic E-state index is 11.8. The zero-order valence-corrected chi connectivity index (χ0v) is 11.3. The molecule has 104 valence electrons. The highest BCUT2D eigenvalue weighted by molar-refractivity contribution is 5.97. The molecule has 1 aliphatic heterocycles. The van der Waals surface area contributed by atoms with Gasteiger partial charge in [-0.25, -0.2) is 0 Å². The molecule has 0 aliphatic carbocycles. The van der Waals surface area contributed by atoms with Crippen molar-refractivity contribution in [2.45, 2.75) is 32.7 Å². The van der Waals surface area contributed by atoms with Crippen LogP contribution in [0.2, 0.25) is 0 Å². The van der Waals surface area contributed by atoms with E-state index in [1.807, 2.05) is 0 Å². The van der Waals surface area contributed by atoms with Crippen LogP contribution in [0.15, 0.2) is 11.8 Å². The molecule has 1 aliphatic rings. The largest absolute Gasteiger partial charge is 0.349 e. The summed E-state index contributed by atoms with van der Waals surface area (Å²) in [5.74, 6) is -0.652. The van der Waals surface area contributed by atoms with Crippen LogP contribution < -0.4 is 16.0 Å². The molecule has 0 unspecified atom stereocenters. The van der Waals surface area contributed by atoms with Gasteiger partial charge in [0.1, 0.15) is 11.6 Å². The van der Waals surface area contributed by atoms with Crippen molar-refractivity contribution in [2.75, 3.05) is 13.1 Å². The Balaban J connectivity index is 2.54. The fourth-order valence-electron chi connectivity index (χ4n) is 1.83. The lowest BCUT2D eigenvalue weighted by Gasteiger charge is -2.20. The predicted molar refractivity (Wildman–Crippen MR) is 70.7 cm³/mol. The molecule has 1 saturated heterocycles. The quantitative estimate of drug-likeness (QED) is 0.493. The van der Waals surface area contributed by atoms with E-state index >= 15 is 0 Å². The highest BCUT2D eigenvalue weighted by Crippen LogP contribution is 2.11. The van der Waals surface area contributed by atoms with Crippen molar-refractivity contribution in [3.63, 3.8) is 0 Å². The van der Waals surface area contributed by atoms with Gasteiger partial charge in [-0.3, -0.25) is 9.59 Å². The fraction of sp³-hybridized carbons (Fsp3) is 0.615. The van der Waals surface area contributed by atoms with Crippen molar-refractivity contribution in [1.82, 2.24) is 16.0 Å². The van der Waals surface area contributed by atoms with Gasteiger partial charge in [-0.05, 0) is 39.8 Å². The van der Waals surface area contributed by atoms with Crippen molar-refractivity contribution in [3.05, 3.63) is 11.8 Å². The Hall–Kier alpha value is -1.87. The molecule has 1 rings (SSSR count). The average Bonchev–Trinajstić information content (AvgIpc) is 2.39. The first-order valence-electron chi connectivity index (χ1n) is 6.46. The number of amides is 2.